The first-order valence-electron chi connectivity index (χ1n) is 12.0. The summed E-state index contributed by atoms with van der Waals surface area (Å²) in [4.78, 5) is 15.4. The number of nitriles is 1. The zero-order valence-electron chi connectivity index (χ0n) is 20.2. The predicted molar refractivity (Wildman–Crippen MR) is 141 cm³/mol. The van der Waals surface area contributed by atoms with E-state index in [1.54, 1.807) is 11.0 Å². The van der Waals surface area contributed by atoms with E-state index in [0.717, 1.165) is 5.56 Å². The lowest BCUT2D eigenvalue weighted by Gasteiger charge is -2.25. The lowest BCUT2D eigenvalue weighted by Crippen LogP contribution is -2.33. The standard InChI is InChI=1S/C28H24Cl2F3N3O2/c29-22-15-24(26(25(30)16-22)35-12-11-34)27(37)36(17-19-4-6-20(7-5-19)21-8-9-21)13-10-18-2-1-3-23(14-18)38-28(31,32)33/h1-7,14-16,21,35H,8-10,12-13,17H2. The number of anilines is 1. The van der Waals surface area contributed by atoms with Gasteiger partial charge in [-0.2, -0.15) is 5.26 Å². The molecule has 0 bridgehead atoms. The quantitative estimate of drug-likeness (QED) is 0.259. The molecule has 1 aliphatic rings. The second kappa shape index (κ2) is 12.0. The molecule has 3 aromatic carbocycles. The Morgan fingerprint density at radius 2 is 1.82 bits per heavy atom. The van der Waals surface area contributed by atoms with Crippen LogP contribution < -0.4 is 10.1 Å². The Morgan fingerprint density at radius 1 is 1.08 bits per heavy atom. The maximum atomic E-state index is 13.8. The van der Waals surface area contributed by atoms with Crippen molar-refractivity contribution < 1.29 is 22.7 Å². The van der Waals surface area contributed by atoms with Gasteiger partial charge in [0.15, 0.2) is 0 Å². The molecule has 198 valence electrons. The van der Waals surface area contributed by atoms with Gasteiger partial charge in [0.2, 0.25) is 0 Å². The zero-order valence-corrected chi connectivity index (χ0v) is 21.7. The van der Waals surface area contributed by atoms with Gasteiger partial charge in [0, 0.05) is 18.1 Å². The summed E-state index contributed by atoms with van der Waals surface area (Å²) in [5, 5.41) is 12.3. The normalized spacial score (nSPS) is 13.1. The highest BCUT2D eigenvalue weighted by Crippen LogP contribution is 2.40. The molecule has 1 N–H and O–H groups in total. The van der Waals surface area contributed by atoms with Crippen LogP contribution in [0.1, 0.15) is 45.8 Å². The van der Waals surface area contributed by atoms with Crippen LogP contribution in [0.4, 0.5) is 18.9 Å². The molecule has 1 fully saturated rings. The van der Waals surface area contributed by atoms with Crippen LogP contribution in [0.2, 0.25) is 10.0 Å². The Balaban J connectivity index is 1.60. The van der Waals surface area contributed by atoms with E-state index in [1.807, 2.05) is 18.2 Å². The lowest BCUT2D eigenvalue weighted by atomic mass is 10.1. The SMILES string of the molecule is N#CCNc1c(Cl)cc(Cl)cc1C(=O)N(CCc1cccc(OC(F)(F)F)c1)Cc1ccc(C2CC2)cc1. The van der Waals surface area contributed by atoms with E-state index < -0.39 is 6.36 Å². The first-order valence-corrected chi connectivity index (χ1v) is 12.7. The van der Waals surface area contributed by atoms with Crippen molar-refractivity contribution in [2.24, 2.45) is 0 Å². The minimum atomic E-state index is -4.80. The minimum Gasteiger partial charge on any atom is -0.406 e. The van der Waals surface area contributed by atoms with E-state index in [9.17, 15) is 18.0 Å². The number of halogens is 5. The van der Waals surface area contributed by atoms with Crippen LogP contribution in [-0.2, 0) is 13.0 Å². The summed E-state index contributed by atoms with van der Waals surface area (Å²) in [7, 11) is 0. The molecule has 10 heteroatoms. The number of carbonyl (C=O) groups is 1. The van der Waals surface area contributed by atoms with Crippen molar-refractivity contribution >= 4 is 34.8 Å². The van der Waals surface area contributed by atoms with E-state index in [-0.39, 0.29) is 59.0 Å². The summed E-state index contributed by atoms with van der Waals surface area (Å²) in [5.41, 5.74) is 3.22. The lowest BCUT2D eigenvalue weighted by molar-refractivity contribution is -0.274. The Labute approximate surface area is 228 Å². The number of ether oxygens (including phenoxy) is 1. The summed E-state index contributed by atoms with van der Waals surface area (Å²) in [6.45, 7) is 0.376. The molecule has 0 radical (unpaired) electrons. The molecular weight excluding hydrogens is 538 g/mol. The molecule has 0 unspecified atom stereocenters. The van der Waals surface area contributed by atoms with Crippen molar-refractivity contribution in [3.63, 3.8) is 0 Å². The van der Waals surface area contributed by atoms with E-state index in [4.69, 9.17) is 28.5 Å². The summed E-state index contributed by atoms with van der Waals surface area (Å²) < 4.78 is 42.1. The summed E-state index contributed by atoms with van der Waals surface area (Å²) in [6, 6.07) is 18.7. The van der Waals surface area contributed by atoms with Gasteiger partial charge in [-0.15, -0.1) is 13.2 Å². The van der Waals surface area contributed by atoms with E-state index in [0.29, 0.717) is 11.5 Å². The molecule has 0 saturated heterocycles. The van der Waals surface area contributed by atoms with Gasteiger partial charge in [-0.05, 0) is 66.1 Å². The highest BCUT2D eigenvalue weighted by Gasteiger charge is 2.31. The second-order valence-corrected chi connectivity index (χ2v) is 9.85. The molecule has 4 rings (SSSR count). The van der Waals surface area contributed by atoms with E-state index in [1.165, 1.54) is 48.7 Å². The highest BCUT2D eigenvalue weighted by molar-refractivity contribution is 6.37. The van der Waals surface area contributed by atoms with Crippen molar-refractivity contribution in [1.82, 2.24) is 4.90 Å². The molecule has 1 saturated carbocycles. The molecule has 5 nitrogen and oxygen atoms in total. The van der Waals surface area contributed by atoms with E-state index >= 15 is 0 Å². The fourth-order valence-electron chi connectivity index (χ4n) is 4.17. The molecule has 0 heterocycles. The number of benzene rings is 3. The van der Waals surface area contributed by atoms with Crippen LogP contribution in [0.25, 0.3) is 0 Å². The van der Waals surface area contributed by atoms with Crippen molar-refractivity contribution in [2.75, 3.05) is 18.4 Å². The largest absolute Gasteiger partial charge is 0.573 e. The third-order valence-electron chi connectivity index (χ3n) is 6.12. The number of nitrogens with zero attached hydrogens (tertiary/aromatic N) is 2. The van der Waals surface area contributed by atoms with Gasteiger partial charge in [-0.3, -0.25) is 4.79 Å². The molecule has 0 spiro atoms. The molecular formula is C28H24Cl2F3N3O2. The number of alkyl halides is 3. The van der Waals surface area contributed by atoms with Crippen molar-refractivity contribution in [2.45, 2.75) is 38.1 Å². The van der Waals surface area contributed by atoms with Gasteiger partial charge in [0.25, 0.3) is 5.91 Å². The Morgan fingerprint density at radius 3 is 2.47 bits per heavy atom. The number of hydrogen-bond donors (Lipinski definition) is 1. The minimum absolute atomic E-state index is 0.0732. The fourth-order valence-corrected chi connectivity index (χ4v) is 4.73. The van der Waals surface area contributed by atoms with Crippen LogP contribution in [-0.4, -0.2) is 30.3 Å². The number of nitrogens with one attached hydrogen (secondary N) is 1. The van der Waals surface area contributed by atoms with Gasteiger partial charge in [0.1, 0.15) is 12.3 Å². The smallest absolute Gasteiger partial charge is 0.406 e. The Hall–Kier alpha value is -3.41. The Bertz CT molecular complexity index is 1340. The maximum absolute atomic E-state index is 13.8. The maximum Gasteiger partial charge on any atom is 0.573 e. The Kier molecular flexibility index (Phi) is 8.70. The van der Waals surface area contributed by atoms with Gasteiger partial charge in [0.05, 0.1) is 22.3 Å². The van der Waals surface area contributed by atoms with Gasteiger partial charge in [-0.25, -0.2) is 0 Å². The fraction of sp³-hybridized carbons (Fsp3) is 0.286. The van der Waals surface area contributed by atoms with Crippen LogP contribution in [0.3, 0.4) is 0 Å². The zero-order chi connectivity index (χ0) is 27.3. The topological polar surface area (TPSA) is 65.4 Å². The highest BCUT2D eigenvalue weighted by atomic mass is 35.5. The number of carbonyl (C=O) groups excluding carboxylic acids is 1. The van der Waals surface area contributed by atoms with Crippen molar-refractivity contribution in [1.29, 1.82) is 5.26 Å². The molecule has 38 heavy (non-hydrogen) atoms. The summed E-state index contributed by atoms with van der Waals surface area (Å²) in [5.74, 6) is -0.118. The van der Waals surface area contributed by atoms with Crippen molar-refractivity contribution in [3.8, 4) is 11.8 Å². The molecule has 0 aliphatic heterocycles. The van der Waals surface area contributed by atoms with E-state index in [2.05, 4.69) is 22.2 Å². The molecule has 0 aromatic heterocycles. The third kappa shape index (κ3) is 7.56. The third-order valence-corrected chi connectivity index (χ3v) is 6.64. The number of hydrogen-bond acceptors (Lipinski definition) is 4. The summed E-state index contributed by atoms with van der Waals surface area (Å²) in [6.07, 6.45) is -2.17. The van der Waals surface area contributed by atoms with Crippen LogP contribution in [0.5, 0.6) is 5.75 Å². The number of rotatable bonds is 10. The number of amides is 1. The van der Waals surface area contributed by atoms with Crippen molar-refractivity contribution in [3.05, 3.63) is 93.0 Å². The molecule has 1 aliphatic carbocycles. The monoisotopic (exact) mass is 561 g/mol. The van der Waals surface area contributed by atoms with Gasteiger partial charge >= 0.3 is 6.36 Å². The first kappa shape index (κ1) is 27.6. The molecule has 3 aromatic rings. The van der Waals surface area contributed by atoms with Gasteiger partial charge in [-0.1, -0.05) is 59.6 Å². The average Bonchev–Trinajstić information content (AvgIpc) is 3.70. The van der Waals surface area contributed by atoms with Crippen LogP contribution in [0, 0.1) is 11.3 Å². The van der Waals surface area contributed by atoms with Crippen LogP contribution in [0.15, 0.2) is 60.7 Å². The second-order valence-electron chi connectivity index (χ2n) is 9.01. The molecule has 1 amide bonds. The molecule has 0 atom stereocenters. The predicted octanol–water partition coefficient (Wildman–Crippen LogP) is 7.59. The van der Waals surface area contributed by atoms with Gasteiger partial charge < -0.3 is 15.0 Å². The van der Waals surface area contributed by atoms with Crippen LogP contribution >= 0.6 is 23.2 Å². The summed E-state index contributed by atoms with van der Waals surface area (Å²) >= 11 is 12.6. The first-order chi connectivity index (χ1) is 18.1. The average molecular weight is 562 g/mol.